The Kier molecular flexibility index (Phi) is 6.93. The largest absolute Gasteiger partial charge is 0.469 e. The lowest BCUT2D eigenvalue weighted by Crippen LogP contribution is -2.06. The average Bonchev–Trinajstić information content (AvgIpc) is 1.97. The van der Waals surface area contributed by atoms with E-state index >= 15 is 0 Å². The molecule has 10 heteroatoms. The zero-order valence-corrected chi connectivity index (χ0v) is 10.5. The van der Waals surface area contributed by atoms with Crippen molar-refractivity contribution in [3.63, 3.8) is 0 Å². The smallest absolute Gasteiger partial charge is 0.303 e. The number of hydrogen-bond acceptors (Lipinski definition) is 4. The van der Waals surface area contributed by atoms with E-state index in [2.05, 4.69) is 9.05 Å². The standard InChI is InChI=1S/C6H16O8P2/c1-6(14-16(10,11)12)4-2-3-5-13-15(7,8)9/h6H,2-5H2,1H3,(H2,7,8,9)(H2,10,11,12). The molecule has 0 saturated heterocycles. The second-order valence-corrected chi connectivity index (χ2v) is 5.66. The molecule has 0 aromatic carbocycles. The molecule has 1 unspecified atom stereocenters. The second kappa shape index (κ2) is 6.83. The van der Waals surface area contributed by atoms with Crippen molar-refractivity contribution in [2.24, 2.45) is 0 Å². The summed E-state index contributed by atoms with van der Waals surface area (Å²) < 4.78 is 29.2. The van der Waals surface area contributed by atoms with Crippen LogP contribution in [0, 0.1) is 0 Å². The van der Waals surface area contributed by atoms with Gasteiger partial charge in [0.15, 0.2) is 0 Å². The molecule has 8 nitrogen and oxygen atoms in total. The van der Waals surface area contributed by atoms with Crippen LogP contribution in [0.1, 0.15) is 26.2 Å². The number of phosphoric acid groups is 2. The van der Waals surface area contributed by atoms with Crippen LogP contribution in [0.3, 0.4) is 0 Å². The lowest BCUT2D eigenvalue weighted by Gasteiger charge is -2.13. The first kappa shape index (κ1) is 16.2. The Balaban J connectivity index is 3.53. The Morgan fingerprint density at radius 3 is 2.06 bits per heavy atom. The first-order chi connectivity index (χ1) is 7.10. The molecular weight excluding hydrogens is 262 g/mol. The van der Waals surface area contributed by atoms with Crippen LogP contribution in [0.2, 0.25) is 0 Å². The van der Waals surface area contributed by atoms with Gasteiger partial charge in [0.1, 0.15) is 0 Å². The Hall–Kier alpha value is 0.220. The van der Waals surface area contributed by atoms with Gasteiger partial charge in [-0.2, -0.15) is 0 Å². The van der Waals surface area contributed by atoms with Crippen LogP contribution in [0.4, 0.5) is 0 Å². The van der Waals surface area contributed by atoms with Crippen LogP contribution < -0.4 is 0 Å². The molecular formula is C6H16O8P2. The van der Waals surface area contributed by atoms with Crippen LogP contribution in [-0.4, -0.2) is 32.3 Å². The van der Waals surface area contributed by atoms with E-state index in [1.54, 1.807) is 0 Å². The highest BCUT2D eigenvalue weighted by Crippen LogP contribution is 2.38. The summed E-state index contributed by atoms with van der Waals surface area (Å²) in [6, 6.07) is 0. The molecule has 0 saturated carbocycles. The van der Waals surface area contributed by atoms with Gasteiger partial charge >= 0.3 is 15.6 Å². The fraction of sp³-hybridized carbons (Fsp3) is 1.00. The third-order valence-corrected chi connectivity index (χ3v) is 2.74. The monoisotopic (exact) mass is 278 g/mol. The predicted octanol–water partition coefficient (Wildman–Crippen LogP) is 0.764. The number of rotatable bonds is 8. The molecule has 0 radical (unpaired) electrons. The van der Waals surface area contributed by atoms with Crippen LogP contribution in [0.25, 0.3) is 0 Å². The molecule has 0 bridgehead atoms. The molecule has 98 valence electrons. The zero-order chi connectivity index (χ0) is 12.8. The molecule has 0 fully saturated rings. The summed E-state index contributed by atoms with van der Waals surface area (Å²) in [5.41, 5.74) is 0. The van der Waals surface area contributed by atoms with Crippen LogP contribution in [-0.2, 0) is 18.2 Å². The van der Waals surface area contributed by atoms with E-state index in [0.29, 0.717) is 19.3 Å². The van der Waals surface area contributed by atoms with Crippen molar-refractivity contribution in [1.29, 1.82) is 0 Å². The minimum Gasteiger partial charge on any atom is -0.303 e. The molecule has 0 heterocycles. The molecule has 0 aliphatic carbocycles. The summed E-state index contributed by atoms with van der Waals surface area (Å²) in [6.45, 7) is 1.40. The van der Waals surface area contributed by atoms with Crippen LogP contribution in [0.15, 0.2) is 0 Å². The maximum absolute atomic E-state index is 10.4. The Morgan fingerprint density at radius 2 is 1.62 bits per heavy atom. The molecule has 0 spiro atoms. The number of phosphoric ester groups is 2. The fourth-order valence-electron chi connectivity index (χ4n) is 1.00. The summed E-state index contributed by atoms with van der Waals surface area (Å²) >= 11 is 0. The van der Waals surface area contributed by atoms with E-state index in [1.165, 1.54) is 6.92 Å². The third kappa shape index (κ3) is 12.3. The lowest BCUT2D eigenvalue weighted by atomic mass is 10.2. The van der Waals surface area contributed by atoms with Gasteiger partial charge in [-0.3, -0.25) is 9.05 Å². The van der Waals surface area contributed by atoms with Crippen molar-refractivity contribution in [2.75, 3.05) is 6.61 Å². The van der Waals surface area contributed by atoms with E-state index in [1.807, 2.05) is 0 Å². The summed E-state index contributed by atoms with van der Waals surface area (Å²) in [5.74, 6) is 0. The van der Waals surface area contributed by atoms with E-state index in [9.17, 15) is 9.13 Å². The van der Waals surface area contributed by atoms with Gasteiger partial charge in [-0.1, -0.05) is 0 Å². The van der Waals surface area contributed by atoms with Gasteiger partial charge in [0.25, 0.3) is 0 Å². The Bertz CT molecular complexity index is 280. The fourth-order valence-corrected chi connectivity index (χ4v) is 1.95. The van der Waals surface area contributed by atoms with Crippen LogP contribution in [0.5, 0.6) is 0 Å². The maximum atomic E-state index is 10.4. The van der Waals surface area contributed by atoms with Gasteiger partial charge in [-0.05, 0) is 26.2 Å². The normalized spacial score (nSPS) is 15.1. The van der Waals surface area contributed by atoms with Gasteiger partial charge in [0, 0.05) is 0 Å². The topological polar surface area (TPSA) is 134 Å². The maximum Gasteiger partial charge on any atom is 0.469 e. The van der Waals surface area contributed by atoms with Crippen molar-refractivity contribution in [1.82, 2.24) is 0 Å². The van der Waals surface area contributed by atoms with Gasteiger partial charge < -0.3 is 19.6 Å². The molecule has 0 aromatic heterocycles. The molecule has 0 aromatic rings. The van der Waals surface area contributed by atoms with Gasteiger partial charge in [0.2, 0.25) is 0 Å². The minimum atomic E-state index is -4.46. The predicted molar refractivity (Wildman–Crippen MR) is 54.4 cm³/mol. The van der Waals surface area contributed by atoms with Crippen molar-refractivity contribution < 1.29 is 37.8 Å². The van der Waals surface area contributed by atoms with Gasteiger partial charge in [-0.25, -0.2) is 9.13 Å². The molecule has 0 rings (SSSR count). The minimum absolute atomic E-state index is 0.104. The van der Waals surface area contributed by atoms with Gasteiger partial charge in [-0.15, -0.1) is 0 Å². The number of unbranched alkanes of at least 4 members (excludes halogenated alkanes) is 1. The first-order valence-electron chi connectivity index (χ1n) is 4.54. The summed E-state index contributed by atoms with van der Waals surface area (Å²) in [5, 5.41) is 0. The van der Waals surface area contributed by atoms with Crippen molar-refractivity contribution in [2.45, 2.75) is 32.3 Å². The molecule has 4 N–H and O–H groups in total. The first-order valence-corrected chi connectivity index (χ1v) is 7.60. The molecule has 0 aliphatic rings. The zero-order valence-electron chi connectivity index (χ0n) is 8.72. The highest BCUT2D eigenvalue weighted by molar-refractivity contribution is 7.46. The van der Waals surface area contributed by atoms with E-state index in [4.69, 9.17) is 19.6 Å². The quantitative estimate of drug-likeness (QED) is 0.377. The lowest BCUT2D eigenvalue weighted by molar-refractivity contribution is 0.134. The Labute approximate surface area is 93.1 Å². The highest BCUT2D eigenvalue weighted by atomic mass is 31.2. The SMILES string of the molecule is CC(CCCCOP(=O)(O)O)OP(=O)(O)O. The molecule has 1 atom stereocenters. The summed E-state index contributed by atoms with van der Waals surface area (Å²) in [6.07, 6.45) is 0.618. The van der Waals surface area contributed by atoms with Crippen molar-refractivity contribution >= 4 is 15.6 Å². The van der Waals surface area contributed by atoms with E-state index in [0.717, 1.165) is 0 Å². The summed E-state index contributed by atoms with van der Waals surface area (Å²) in [4.78, 5) is 33.6. The van der Waals surface area contributed by atoms with E-state index < -0.39 is 21.7 Å². The average molecular weight is 278 g/mol. The Morgan fingerprint density at radius 1 is 1.06 bits per heavy atom. The van der Waals surface area contributed by atoms with Crippen molar-refractivity contribution in [3.8, 4) is 0 Å². The number of hydrogen-bond donors (Lipinski definition) is 4. The molecule has 0 amide bonds. The van der Waals surface area contributed by atoms with E-state index in [-0.39, 0.29) is 6.61 Å². The molecule has 16 heavy (non-hydrogen) atoms. The van der Waals surface area contributed by atoms with Crippen LogP contribution >= 0.6 is 15.6 Å². The second-order valence-electron chi connectivity index (χ2n) is 3.23. The molecule has 0 aliphatic heterocycles. The summed E-state index contributed by atoms with van der Waals surface area (Å²) in [7, 11) is -8.88. The highest BCUT2D eigenvalue weighted by Gasteiger charge is 2.18. The van der Waals surface area contributed by atoms with Crippen molar-refractivity contribution in [3.05, 3.63) is 0 Å². The van der Waals surface area contributed by atoms with Gasteiger partial charge in [0.05, 0.1) is 12.7 Å². The third-order valence-electron chi connectivity index (χ3n) is 1.58.